The lowest BCUT2D eigenvalue weighted by Gasteiger charge is -2.31. The van der Waals surface area contributed by atoms with Crippen molar-refractivity contribution in [3.63, 3.8) is 0 Å². The smallest absolute Gasteiger partial charge is 0.142 e. The molecule has 1 aromatic carbocycles. The molecule has 1 N–H and O–H groups in total. The first-order valence-corrected chi connectivity index (χ1v) is 7.58. The van der Waals surface area contributed by atoms with Crippen LogP contribution in [0.5, 0.6) is 5.75 Å². The van der Waals surface area contributed by atoms with Crippen LogP contribution in [0.4, 0.5) is 5.69 Å². The number of nitrogens with zero attached hydrogens (tertiary/aromatic N) is 1. The number of likely N-dealkylation sites (N-methyl/N-ethyl adjacent to an activating group) is 1. The summed E-state index contributed by atoms with van der Waals surface area (Å²) in [6.45, 7) is 7.47. The summed E-state index contributed by atoms with van der Waals surface area (Å²) in [6.07, 6.45) is 3.84. The van der Waals surface area contributed by atoms with Crippen molar-refractivity contribution < 1.29 is 4.74 Å². The lowest BCUT2D eigenvalue weighted by molar-refractivity contribution is 0.308. The Balaban J connectivity index is 1.75. The molecule has 0 bridgehead atoms. The van der Waals surface area contributed by atoms with Gasteiger partial charge in [-0.1, -0.05) is 6.07 Å². The second-order valence-electron chi connectivity index (χ2n) is 5.63. The molecule has 2 heterocycles. The summed E-state index contributed by atoms with van der Waals surface area (Å²) >= 11 is 0. The number of anilines is 1. The molecule has 0 amide bonds. The lowest BCUT2D eigenvalue weighted by atomic mass is 9.90. The van der Waals surface area contributed by atoms with Gasteiger partial charge < -0.3 is 15.0 Å². The van der Waals surface area contributed by atoms with E-state index in [2.05, 4.69) is 35.3 Å². The van der Waals surface area contributed by atoms with E-state index >= 15 is 0 Å². The van der Waals surface area contributed by atoms with Gasteiger partial charge in [-0.05, 0) is 62.9 Å². The Hall–Kier alpha value is -1.22. The summed E-state index contributed by atoms with van der Waals surface area (Å²) in [7, 11) is 0. The zero-order chi connectivity index (χ0) is 13.1. The number of fused-ring (bicyclic) bond motifs is 1. The van der Waals surface area contributed by atoms with E-state index < -0.39 is 0 Å². The minimum Gasteiger partial charge on any atom is -0.490 e. The Labute approximate surface area is 115 Å². The molecule has 3 nitrogen and oxygen atoms in total. The van der Waals surface area contributed by atoms with Crippen molar-refractivity contribution in [2.24, 2.45) is 5.92 Å². The Morgan fingerprint density at radius 1 is 1.32 bits per heavy atom. The standard InChI is InChI=1S/C16H24N2O/c1-2-18-9-10-19-16-4-3-14(12-15(16)18)11-13-5-7-17-8-6-13/h3-4,12-13,17H,2,5-11H2,1H3. The quantitative estimate of drug-likeness (QED) is 0.903. The fourth-order valence-electron chi connectivity index (χ4n) is 3.19. The lowest BCUT2D eigenvalue weighted by Crippen LogP contribution is -2.32. The van der Waals surface area contributed by atoms with E-state index in [0.717, 1.165) is 31.4 Å². The average Bonchev–Trinajstić information content (AvgIpc) is 2.47. The highest BCUT2D eigenvalue weighted by Gasteiger charge is 2.19. The van der Waals surface area contributed by atoms with Crippen LogP contribution in [0.3, 0.4) is 0 Å². The van der Waals surface area contributed by atoms with Crippen LogP contribution >= 0.6 is 0 Å². The summed E-state index contributed by atoms with van der Waals surface area (Å²) in [5, 5.41) is 3.44. The number of hydrogen-bond donors (Lipinski definition) is 1. The van der Waals surface area contributed by atoms with Gasteiger partial charge in [0.15, 0.2) is 0 Å². The Morgan fingerprint density at radius 2 is 2.16 bits per heavy atom. The van der Waals surface area contributed by atoms with Gasteiger partial charge in [0, 0.05) is 6.54 Å². The first kappa shape index (κ1) is 12.8. The normalized spacial score (nSPS) is 19.9. The largest absolute Gasteiger partial charge is 0.490 e. The monoisotopic (exact) mass is 260 g/mol. The maximum Gasteiger partial charge on any atom is 0.142 e. The van der Waals surface area contributed by atoms with Crippen LogP contribution in [0.25, 0.3) is 0 Å². The van der Waals surface area contributed by atoms with Crippen LogP contribution in [-0.2, 0) is 6.42 Å². The van der Waals surface area contributed by atoms with Crippen molar-refractivity contribution in [1.29, 1.82) is 0 Å². The highest BCUT2D eigenvalue weighted by atomic mass is 16.5. The number of ether oxygens (including phenoxy) is 1. The van der Waals surface area contributed by atoms with Gasteiger partial charge in [0.05, 0.1) is 12.2 Å². The molecule has 0 aliphatic carbocycles. The molecule has 0 unspecified atom stereocenters. The molecule has 0 atom stereocenters. The first-order valence-electron chi connectivity index (χ1n) is 7.58. The second-order valence-corrected chi connectivity index (χ2v) is 5.63. The third-order valence-corrected chi connectivity index (χ3v) is 4.35. The van der Waals surface area contributed by atoms with E-state index in [-0.39, 0.29) is 0 Å². The highest BCUT2D eigenvalue weighted by Crippen LogP contribution is 2.33. The third-order valence-electron chi connectivity index (χ3n) is 4.35. The van der Waals surface area contributed by atoms with E-state index in [1.165, 1.54) is 43.6 Å². The molecule has 2 aliphatic heterocycles. The second kappa shape index (κ2) is 5.83. The van der Waals surface area contributed by atoms with Crippen molar-refractivity contribution in [3.8, 4) is 5.75 Å². The minimum absolute atomic E-state index is 0.814. The van der Waals surface area contributed by atoms with Gasteiger partial charge in [-0.25, -0.2) is 0 Å². The van der Waals surface area contributed by atoms with Gasteiger partial charge in [-0.3, -0.25) is 0 Å². The van der Waals surface area contributed by atoms with E-state index in [4.69, 9.17) is 4.74 Å². The third kappa shape index (κ3) is 2.86. The van der Waals surface area contributed by atoms with Crippen LogP contribution in [0.15, 0.2) is 18.2 Å². The maximum atomic E-state index is 5.75. The summed E-state index contributed by atoms with van der Waals surface area (Å²) in [4.78, 5) is 2.42. The summed E-state index contributed by atoms with van der Waals surface area (Å²) in [5.74, 6) is 1.90. The fraction of sp³-hybridized carbons (Fsp3) is 0.625. The van der Waals surface area contributed by atoms with Gasteiger partial charge in [-0.15, -0.1) is 0 Å². The number of nitrogens with one attached hydrogen (secondary N) is 1. The molecule has 104 valence electrons. The molecule has 19 heavy (non-hydrogen) atoms. The van der Waals surface area contributed by atoms with Gasteiger partial charge in [-0.2, -0.15) is 0 Å². The maximum absolute atomic E-state index is 5.75. The fourth-order valence-corrected chi connectivity index (χ4v) is 3.19. The van der Waals surface area contributed by atoms with Crippen molar-refractivity contribution >= 4 is 5.69 Å². The van der Waals surface area contributed by atoms with E-state index in [0.29, 0.717) is 0 Å². The molecule has 1 aromatic rings. The zero-order valence-corrected chi connectivity index (χ0v) is 11.8. The zero-order valence-electron chi connectivity index (χ0n) is 11.8. The Bertz CT molecular complexity index is 427. The minimum atomic E-state index is 0.814. The Morgan fingerprint density at radius 3 is 2.95 bits per heavy atom. The molecule has 0 aromatic heterocycles. The van der Waals surface area contributed by atoms with Gasteiger partial charge in [0.1, 0.15) is 12.4 Å². The molecule has 0 spiro atoms. The van der Waals surface area contributed by atoms with E-state index in [1.807, 2.05) is 0 Å². The SMILES string of the molecule is CCN1CCOc2ccc(CC3CCNCC3)cc21. The highest BCUT2D eigenvalue weighted by molar-refractivity contribution is 5.61. The number of benzene rings is 1. The number of rotatable bonds is 3. The summed E-state index contributed by atoms with van der Waals surface area (Å²) in [5.41, 5.74) is 2.76. The first-order chi connectivity index (χ1) is 9.36. The van der Waals surface area contributed by atoms with Crippen LogP contribution in [0, 0.1) is 5.92 Å². The van der Waals surface area contributed by atoms with Crippen LogP contribution in [-0.4, -0.2) is 32.8 Å². The van der Waals surface area contributed by atoms with E-state index in [9.17, 15) is 0 Å². The van der Waals surface area contributed by atoms with Crippen LogP contribution < -0.4 is 15.0 Å². The average molecular weight is 260 g/mol. The summed E-state index contributed by atoms with van der Waals surface area (Å²) in [6, 6.07) is 6.76. The molecule has 1 fully saturated rings. The van der Waals surface area contributed by atoms with Crippen molar-refractivity contribution in [3.05, 3.63) is 23.8 Å². The molecule has 0 saturated carbocycles. The van der Waals surface area contributed by atoms with Crippen molar-refractivity contribution in [2.75, 3.05) is 37.7 Å². The van der Waals surface area contributed by atoms with Gasteiger partial charge >= 0.3 is 0 Å². The van der Waals surface area contributed by atoms with Gasteiger partial charge in [0.25, 0.3) is 0 Å². The van der Waals surface area contributed by atoms with Crippen LogP contribution in [0.1, 0.15) is 25.3 Å². The predicted molar refractivity (Wildman–Crippen MR) is 79.1 cm³/mol. The van der Waals surface area contributed by atoms with Gasteiger partial charge in [0.2, 0.25) is 0 Å². The van der Waals surface area contributed by atoms with Crippen molar-refractivity contribution in [1.82, 2.24) is 5.32 Å². The molecular formula is C16H24N2O. The topological polar surface area (TPSA) is 24.5 Å². The molecule has 3 heteroatoms. The summed E-state index contributed by atoms with van der Waals surface area (Å²) < 4.78 is 5.75. The molecular weight excluding hydrogens is 236 g/mol. The van der Waals surface area contributed by atoms with Crippen molar-refractivity contribution in [2.45, 2.75) is 26.2 Å². The number of hydrogen-bond acceptors (Lipinski definition) is 3. The molecule has 2 aliphatic rings. The molecule has 0 radical (unpaired) electrons. The van der Waals surface area contributed by atoms with E-state index in [1.54, 1.807) is 0 Å². The Kier molecular flexibility index (Phi) is 3.92. The number of piperidine rings is 1. The predicted octanol–water partition coefficient (Wildman–Crippen LogP) is 2.45. The molecule has 3 rings (SSSR count). The molecule has 1 saturated heterocycles. The van der Waals surface area contributed by atoms with Crippen LogP contribution in [0.2, 0.25) is 0 Å².